The third-order valence-electron chi connectivity index (χ3n) is 5.69. The van der Waals surface area contributed by atoms with Crippen molar-refractivity contribution < 1.29 is 14.6 Å². The molecule has 0 spiro atoms. The highest BCUT2D eigenvalue weighted by molar-refractivity contribution is 9.10. The number of imidazole rings is 1. The molecule has 0 unspecified atom stereocenters. The zero-order valence-electron chi connectivity index (χ0n) is 19.5. The molecule has 4 rings (SSSR count). The van der Waals surface area contributed by atoms with Gasteiger partial charge >= 0.3 is 0 Å². The Bertz CT molecular complexity index is 1280. The van der Waals surface area contributed by atoms with Crippen molar-refractivity contribution >= 4 is 32.7 Å². The summed E-state index contributed by atoms with van der Waals surface area (Å²) in [7, 11) is 0. The zero-order chi connectivity index (χ0) is 24.1. The molecule has 0 aliphatic rings. The highest BCUT2D eigenvalue weighted by Crippen LogP contribution is 2.37. The van der Waals surface area contributed by atoms with Crippen molar-refractivity contribution in [2.75, 3.05) is 6.61 Å². The minimum Gasteiger partial charge on any atom is -0.506 e. The second-order valence-electron chi connectivity index (χ2n) is 8.79. The first-order valence-electron chi connectivity index (χ1n) is 11.6. The van der Waals surface area contributed by atoms with Crippen molar-refractivity contribution in [1.29, 1.82) is 0 Å². The monoisotopic (exact) mass is 520 g/mol. The summed E-state index contributed by atoms with van der Waals surface area (Å²) in [6.07, 6.45) is 2.14. The number of phenols is 1. The average molecular weight is 521 g/mol. The molecule has 0 aliphatic carbocycles. The van der Waals surface area contributed by atoms with E-state index >= 15 is 0 Å². The Morgan fingerprint density at radius 3 is 2.53 bits per heavy atom. The Morgan fingerprint density at radius 2 is 1.76 bits per heavy atom. The molecule has 6 heteroatoms. The van der Waals surface area contributed by atoms with Gasteiger partial charge in [0.2, 0.25) is 0 Å². The van der Waals surface area contributed by atoms with Gasteiger partial charge in [-0.05, 0) is 59.0 Å². The van der Waals surface area contributed by atoms with Crippen LogP contribution >= 0.6 is 15.9 Å². The smallest absolute Gasteiger partial charge is 0.166 e. The Hall–Kier alpha value is -3.12. The molecule has 0 saturated carbocycles. The third kappa shape index (κ3) is 5.33. The molecule has 3 aromatic carbocycles. The largest absolute Gasteiger partial charge is 0.506 e. The number of carbonyl (C=O) groups excluding carboxylic acids is 1. The Balaban J connectivity index is 1.39. The zero-order valence-corrected chi connectivity index (χ0v) is 21.1. The van der Waals surface area contributed by atoms with E-state index in [2.05, 4.69) is 38.7 Å². The third-order valence-corrected chi connectivity index (χ3v) is 6.46. The summed E-state index contributed by atoms with van der Waals surface area (Å²) in [4.78, 5) is 17.2. The van der Waals surface area contributed by atoms with E-state index in [0.29, 0.717) is 28.8 Å². The Kier molecular flexibility index (Phi) is 7.68. The maximum Gasteiger partial charge on any atom is 0.166 e. The molecule has 176 valence electrons. The van der Waals surface area contributed by atoms with Gasteiger partial charge in [-0.25, -0.2) is 4.98 Å². The molecule has 1 heterocycles. The van der Waals surface area contributed by atoms with Crippen LogP contribution in [0, 0.1) is 5.92 Å². The van der Waals surface area contributed by atoms with Gasteiger partial charge < -0.3 is 14.4 Å². The first-order valence-corrected chi connectivity index (χ1v) is 12.4. The van der Waals surface area contributed by atoms with Crippen LogP contribution in [0.5, 0.6) is 11.5 Å². The van der Waals surface area contributed by atoms with Crippen molar-refractivity contribution in [1.82, 2.24) is 9.55 Å². The van der Waals surface area contributed by atoms with Crippen LogP contribution in [0.2, 0.25) is 0 Å². The number of aryl methyl sites for hydroxylation is 1. The number of carbonyl (C=O) groups is 1. The molecule has 0 saturated heterocycles. The Labute approximate surface area is 208 Å². The van der Waals surface area contributed by atoms with Crippen LogP contribution in [0.15, 0.2) is 71.2 Å². The van der Waals surface area contributed by atoms with Crippen molar-refractivity contribution in [3.63, 3.8) is 0 Å². The van der Waals surface area contributed by atoms with Crippen LogP contribution in [-0.2, 0) is 6.54 Å². The number of Topliss-reactive ketones (excluding diaryl/α,β-unsaturated/α-hetero) is 1. The van der Waals surface area contributed by atoms with Gasteiger partial charge in [-0.3, -0.25) is 4.79 Å². The van der Waals surface area contributed by atoms with E-state index in [0.717, 1.165) is 41.8 Å². The van der Waals surface area contributed by atoms with Crippen molar-refractivity contribution in [2.24, 2.45) is 5.92 Å². The lowest BCUT2D eigenvalue weighted by molar-refractivity contribution is 0.0965. The molecule has 0 bridgehead atoms. The molecule has 4 aromatic rings. The van der Waals surface area contributed by atoms with Crippen LogP contribution < -0.4 is 4.74 Å². The number of ether oxygens (including phenoxy) is 1. The van der Waals surface area contributed by atoms with E-state index < -0.39 is 0 Å². The van der Waals surface area contributed by atoms with Gasteiger partial charge in [-0.1, -0.05) is 56.3 Å². The van der Waals surface area contributed by atoms with Crippen molar-refractivity contribution in [2.45, 2.75) is 39.7 Å². The predicted molar refractivity (Wildman–Crippen MR) is 139 cm³/mol. The lowest BCUT2D eigenvalue weighted by atomic mass is 10.0. The molecule has 0 amide bonds. The maximum atomic E-state index is 12.3. The quantitative estimate of drug-likeness (QED) is 0.176. The molecule has 34 heavy (non-hydrogen) atoms. The molecule has 0 fully saturated rings. The minimum absolute atomic E-state index is 0.0551. The summed E-state index contributed by atoms with van der Waals surface area (Å²) < 4.78 is 8.60. The molecule has 1 N–H and O–H groups in total. The van der Waals surface area contributed by atoms with Gasteiger partial charge in [-0.15, -0.1) is 0 Å². The molecule has 0 radical (unpaired) electrons. The summed E-state index contributed by atoms with van der Waals surface area (Å²) in [5.41, 5.74) is 3.54. The summed E-state index contributed by atoms with van der Waals surface area (Å²) >= 11 is 3.39. The average Bonchev–Trinajstić information content (AvgIpc) is 3.20. The van der Waals surface area contributed by atoms with Crippen LogP contribution in [0.3, 0.4) is 0 Å². The second kappa shape index (κ2) is 10.9. The predicted octanol–water partition coefficient (Wildman–Crippen LogP) is 7.26. The number of hydrogen-bond acceptors (Lipinski definition) is 4. The van der Waals surface area contributed by atoms with Gasteiger partial charge in [-0.2, -0.15) is 0 Å². The second-order valence-corrected chi connectivity index (χ2v) is 9.59. The highest BCUT2D eigenvalue weighted by Gasteiger charge is 2.18. The minimum atomic E-state index is -0.0680. The van der Waals surface area contributed by atoms with Crippen molar-refractivity contribution in [3.05, 3.63) is 76.8 Å². The summed E-state index contributed by atoms with van der Waals surface area (Å²) in [6.45, 7) is 5.29. The topological polar surface area (TPSA) is 64.4 Å². The normalized spacial score (nSPS) is 11.3. The van der Waals surface area contributed by atoms with E-state index in [1.54, 1.807) is 12.1 Å². The fourth-order valence-corrected chi connectivity index (χ4v) is 4.49. The van der Waals surface area contributed by atoms with Gasteiger partial charge in [0, 0.05) is 18.5 Å². The fraction of sp³-hybridized carbons (Fsp3) is 0.286. The molecular formula is C28H29BrN2O3. The summed E-state index contributed by atoms with van der Waals surface area (Å²) in [5.74, 6) is 1.62. The van der Waals surface area contributed by atoms with E-state index in [1.165, 1.54) is 0 Å². The van der Waals surface area contributed by atoms with Crippen LogP contribution in [0.25, 0.3) is 22.4 Å². The lowest BCUT2D eigenvalue weighted by Crippen LogP contribution is -2.06. The number of para-hydroxylation sites is 2. The number of hydrogen-bond donors (Lipinski definition) is 1. The maximum absolute atomic E-state index is 12.3. The van der Waals surface area contributed by atoms with E-state index in [-0.39, 0.29) is 17.5 Å². The molecular weight excluding hydrogens is 492 g/mol. The fourth-order valence-electron chi connectivity index (χ4n) is 4.03. The molecule has 5 nitrogen and oxygen atoms in total. The number of aromatic nitrogens is 2. The van der Waals surface area contributed by atoms with E-state index in [9.17, 15) is 9.90 Å². The van der Waals surface area contributed by atoms with Crippen LogP contribution in [0.1, 0.15) is 43.5 Å². The molecule has 1 aromatic heterocycles. The van der Waals surface area contributed by atoms with Gasteiger partial charge in [0.05, 0.1) is 23.2 Å². The number of aromatic hydroxyl groups is 1. The van der Waals surface area contributed by atoms with E-state index in [4.69, 9.17) is 9.72 Å². The summed E-state index contributed by atoms with van der Waals surface area (Å²) in [6, 6.07) is 21.8. The number of nitrogens with zero attached hydrogens (tertiary/aromatic N) is 2. The van der Waals surface area contributed by atoms with Crippen LogP contribution in [-0.4, -0.2) is 27.0 Å². The number of ketones is 1. The number of rotatable bonds is 10. The van der Waals surface area contributed by atoms with Crippen molar-refractivity contribution in [3.8, 4) is 22.9 Å². The SMILES string of the molecule is CC(C)CC(=O)c1ccc(OCCCCn2c(-c3ccccc3)nc3ccccc32)c(Br)c1O. The number of halogens is 1. The van der Waals surface area contributed by atoms with Crippen LogP contribution in [0.4, 0.5) is 0 Å². The highest BCUT2D eigenvalue weighted by atomic mass is 79.9. The van der Waals surface area contributed by atoms with Gasteiger partial charge in [0.1, 0.15) is 21.8 Å². The number of phenolic OH excluding ortho intramolecular Hbond substituents is 1. The van der Waals surface area contributed by atoms with Gasteiger partial charge in [0.25, 0.3) is 0 Å². The number of benzene rings is 3. The first kappa shape index (κ1) is 24.0. The molecule has 0 aliphatic heterocycles. The molecule has 0 atom stereocenters. The number of fused-ring (bicyclic) bond motifs is 1. The number of unbranched alkanes of at least 4 members (excludes halogenated alkanes) is 1. The lowest BCUT2D eigenvalue weighted by Gasteiger charge is -2.13. The van der Waals surface area contributed by atoms with Gasteiger partial charge in [0.15, 0.2) is 5.78 Å². The Morgan fingerprint density at radius 1 is 1.03 bits per heavy atom. The standard InChI is InChI=1S/C28H29BrN2O3/c1-19(2)18-24(32)21-14-15-25(26(29)27(21)33)34-17-9-8-16-31-23-13-7-6-12-22(23)30-28(31)20-10-4-3-5-11-20/h3-7,10-15,19,33H,8-9,16-18H2,1-2H3. The van der Waals surface area contributed by atoms with E-state index in [1.807, 2.05) is 50.2 Å². The first-order chi connectivity index (χ1) is 16.5. The summed E-state index contributed by atoms with van der Waals surface area (Å²) in [5, 5.41) is 10.5.